The Bertz CT molecular complexity index is 374. The highest BCUT2D eigenvalue weighted by atomic mass is 19.1. The number of methoxy groups -OCH3 is 1. The Hall–Kier alpha value is -1.38. The summed E-state index contributed by atoms with van der Waals surface area (Å²) in [5, 5.41) is 0. The number of carbonyl (C=O) groups excluding carboxylic acids is 1. The van der Waals surface area contributed by atoms with E-state index in [1.807, 2.05) is 6.92 Å². The molecule has 0 fully saturated rings. The molecule has 1 aromatic carbocycles. The second-order valence-electron chi connectivity index (χ2n) is 4.03. The molecule has 0 heterocycles. The van der Waals surface area contributed by atoms with Gasteiger partial charge in [-0.25, -0.2) is 4.39 Å². The molecule has 0 N–H and O–H groups in total. The van der Waals surface area contributed by atoms with Crippen LogP contribution in [0.3, 0.4) is 0 Å². The fourth-order valence-corrected chi connectivity index (χ4v) is 1.67. The maximum absolute atomic E-state index is 13.1. The Morgan fingerprint density at radius 1 is 1.50 bits per heavy atom. The van der Waals surface area contributed by atoms with E-state index in [-0.39, 0.29) is 17.5 Å². The Kier molecular flexibility index (Phi) is 4.47. The normalized spacial score (nSPS) is 12.2. The maximum atomic E-state index is 13.1. The predicted molar refractivity (Wildman–Crippen MR) is 61.3 cm³/mol. The van der Waals surface area contributed by atoms with E-state index in [0.717, 1.165) is 12.0 Å². The van der Waals surface area contributed by atoms with Crippen molar-refractivity contribution < 1.29 is 13.9 Å². The topological polar surface area (TPSA) is 26.3 Å². The van der Waals surface area contributed by atoms with E-state index in [1.54, 1.807) is 20.1 Å². The van der Waals surface area contributed by atoms with Crippen molar-refractivity contribution in [2.45, 2.75) is 32.6 Å². The van der Waals surface area contributed by atoms with Crippen molar-refractivity contribution in [1.82, 2.24) is 0 Å². The number of hydrogen-bond acceptors (Lipinski definition) is 2. The number of Topliss-reactive ketones (excluding diaryl/α,β-unsaturated/α-hetero) is 1. The third kappa shape index (κ3) is 3.33. The van der Waals surface area contributed by atoms with Crippen LogP contribution < -0.4 is 4.74 Å². The van der Waals surface area contributed by atoms with Gasteiger partial charge in [0.2, 0.25) is 0 Å². The van der Waals surface area contributed by atoms with Crippen LogP contribution in [0.2, 0.25) is 0 Å². The number of rotatable bonds is 5. The Labute approximate surface area is 95.4 Å². The lowest BCUT2D eigenvalue weighted by Crippen LogP contribution is -2.01. The molecule has 1 unspecified atom stereocenters. The molecule has 0 radical (unpaired) electrons. The van der Waals surface area contributed by atoms with Crippen molar-refractivity contribution in [2.75, 3.05) is 7.11 Å². The Morgan fingerprint density at radius 2 is 2.19 bits per heavy atom. The van der Waals surface area contributed by atoms with E-state index in [0.29, 0.717) is 12.2 Å². The highest BCUT2D eigenvalue weighted by molar-refractivity contribution is 5.75. The molecule has 88 valence electrons. The Morgan fingerprint density at radius 3 is 2.75 bits per heavy atom. The molecule has 16 heavy (non-hydrogen) atoms. The van der Waals surface area contributed by atoms with Gasteiger partial charge in [-0.3, -0.25) is 0 Å². The molecule has 1 rings (SSSR count). The van der Waals surface area contributed by atoms with Crippen LogP contribution in [0.15, 0.2) is 18.2 Å². The summed E-state index contributed by atoms with van der Waals surface area (Å²) in [5.41, 5.74) is 0.823. The number of ketones is 1. The van der Waals surface area contributed by atoms with Crippen LogP contribution in [0.1, 0.15) is 38.2 Å². The number of carbonyl (C=O) groups is 1. The molecule has 0 spiro atoms. The van der Waals surface area contributed by atoms with Gasteiger partial charge in [-0.2, -0.15) is 0 Å². The molecule has 1 aromatic rings. The number of halogens is 1. The minimum atomic E-state index is -0.273. The van der Waals surface area contributed by atoms with Gasteiger partial charge in [0.15, 0.2) is 0 Å². The largest absolute Gasteiger partial charge is 0.496 e. The van der Waals surface area contributed by atoms with Gasteiger partial charge in [0.1, 0.15) is 17.3 Å². The molecular weight excluding hydrogens is 207 g/mol. The van der Waals surface area contributed by atoms with Crippen LogP contribution in [0.4, 0.5) is 4.39 Å². The summed E-state index contributed by atoms with van der Waals surface area (Å²) in [7, 11) is 1.56. The zero-order chi connectivity index (χ0) is 12.1. The molecular formula is C13H17FO2. The lowest BCUT2D eigenvalue weighted by atomic mass is 9.94. The molecule has 0 saturated heterocycles. The van der Waals surface area contributed by atoms with Crippen molar-refractivity contribution in [1.29, 1.82) is 0 Å². The second-order valence-corrected chi connectivity index (χ2v) is 4.03. The maximum Gasteiger partial charge on any atom is 0.129 e. The molecule has 0 aliphatic heterocycles. The number of ether oxygens (including phenoxy) is 1. The fourth-order valence-electron chi connectivity index (χ4n) is 1.67. The van der Waals surface area contributed by atoms with Crippen LogP contribution in [0.5, 0.6) is 5.75 Å². The predicted octanol–water partition coefficient (Wildman–Crippen LogP) is 3.31. The minimum absolute atomic E-state index is 0.120. The van der Waals surface area contributed by atoms with Gasteiger partial charge in [-0.1, -0.05) is 6.92 Å². The van der Waals surface area contributed by atoms with E-state index in [2.05, 4.69) is 0 Å². The molecule has 0 aromatic heterocycles. The Balaban J connectivity index is 2.84. The van der Waals surface area contributed by atoms with Crippen molar-refractivity contribution in [3.8, 4) is 5.75 Å². The third-order valence-electron chi connectivity index (χ3n) is 2.65. The smallest absolute Gasteiger partial charge is 0.129 e. The fraction of sp³-hybridized carbons (Fsp3) is 0.462. The highest BCUT2D eigenvalue weighted by Crippen LogP contribution is 2.30. The average molecular weight is 224 g/mol. The van der Waals surface area contributed by atoms with Crippen LogP contribution >= 0.6 is 0 Å². The lowest BCUT2D eigenvalue weighted by molar-refractivity contribution is -0.117. The molecule has 3 heteroatoms. The van der Waals surface area contributed by atoms with E-state index < -0.39 is 0 Å². The summed E-state index contributed by atoms with van der Waals surface area (Å²) < 4.78 is 18.3. The first-order chi connectivity index (χ1) is 7.54. The van der Waals surface area contributed by atoms with Gasteiger partial charge < -0.3 is 9.53 Å². The zero-order valence-electron chi connectivity index (χ0n) is 9.92. The molecule has 0 aliphatic carbocycles. The molecule has 1 atom stereocenters. The SMILES string of the molecule is COc1ccc(F)cc1C(C)CCC(C)=O. The standard InChI is InChI=1S/C13H17FO2/c1-9(4-5-10(2)15)12-8-11(14)6-7-13(12)16-3/h6-9H,4-5H2,1-3H3. The van der Waals surface area contributed by atoms with Gasteiger partial charge in [-0.15, -0.1) is 0 Å². The minimum Gasteiger partial charge on any atom is -0.496 e. The molecule has 0 aliphatic rings. The van der Waals surface area contributed by atoms with Gasteiger partial charge in [0.05, 0.1) is 7.11 Å². The van der Waals surface area contributed by atoms with Crippen molar-refractivity contribution in [3.63, 3.8) is 0 Å². The summed E-state index contributed by atoms with van der Waals surface area (Å²) in [5.74, 6) is 0.680. The van der Waals surface area contributed by atoms with Crippen LogP contribution in [0.25, 0.3) is 0 Å². The van der Waals surface area contributed by atoms with Gasteiger partial charge in [0, 0.05) is 6.42 Å². The molecule has 0 saturated carbocycles. The lowest BCUT2D eigenvalue weighted by Gasteiger charge is -2.15. The first kappa shape index (κ1) is 12.7. The van der Waals surface area contributed by atoms with Gasteiger partial charge in [-0.05, 0) is 43.0 Å². The van der Waals surface area contributed by atoms with E-state index >= 15 is 0 Å². The molecule has 2 nitrogen and oxygen atoms in total. The van der Waals surface area contributed by atoms with Gasteiger partial charge in [0.25, 0.3) is 0 Å². The summed E-state index contributed by atoms with van der Waals surface area (Å²) in [4.78, 5) is 10.9. The van der Waals surface area contributed by atoms with E-state index in [9.17, 15) is 9.18 Å². The monoisotopic (exact) mass is 224 g/mol. The average Bonchev–Trinajstić information content (AvgIpc) is 2.25. The molecule has 0 bridgehead atoms. The van der Waals surface area contributed by atoms with Crippen LogP contribution in [-0.4, -0.2) is 12.9 Å². The highest BCUT2D eigenvalue weighted by Gasteiger charge is 2.13. The first-order valence-electron chi connectivity index (χ1n) is 5.37. The quantitative estimate of drug-likeness (QED) is 0.767. The van der Waals surface area contributed by atoms with Crippen molar-refractivity contribution in [3.05, 3.63) is 29.6 Å². The summed E-state index contributed by atoms with van der Waals surface area (Å²) >= 11 is 0. The summed E-state index contributed by atoms with van der Waals surface area (Å²) in [6.07, 6.45) is 1.23. The third-order valence-corrected chi connectivity index (χ3v) is 2.65. The summed E-state index contributed by atoms with van der Waals surface area (Å²) in [6, 6.07) is 4.47. The van der Waals surface area contributed by atoms with Crippen LogP contribution in [0, 0.1) is 5.82 Å². The number of benzene rings is 1. The van der Waals surface area contributed by atoms with Gasteiger partial charge >= 0.3 is 0 Å². The van der Waals surface area contributed by atoms with E-state index in [4.69, 9.17) is 4.74 Å². The van der Waals surface area contributed by atoms with Crippen LogP contribution in [-0.2, 0) is 4.79 Å². The van der Waals surface area contributed by atoms with Crippen molar-refractivity contribution in [2.24, 2.45) is 0 Å². The van der Waals surface area contributed by atoms with E-state index in [1.165, 1.54) is 12.1 Å². The summed E-state index contributed by atoms with van der Waals surface area (Å²) in [6.45, 7) is 3.54. The molecule has 0 amide bonds. The van der Waals surface area contributed by atoms with Crippen molar-refractivity contribution >= 4 is 5.78 Å². The number of hydrogen-bond donors (Lipinski definition) is 0. The zero-order valence-corrected chi connectivity index (χ0v) is 9.92. The second kappa shape index (κ2) is 5.64. The first-order valence-corrected chi connectivity index (χ1v) is 5.37.